The van der Waals surface area contributed by atoms with Gasteiger partial charge in [0, 0.05) is 32.7 Å². The van der Waals surface area contributed by atoms with Gasteiger partial charge in [-0.05, 0) is 23.3 Å². The number of carbonyl (C=O) groups excluding carboxylic acids is 1. The Labute approximate surface area is 106 Å². The molecule has 0 saturated carbocycles. The minimum absolute atomic E-state index is 0.0439. The molecule has 1 aliphatic heterocycles. The van der Waals surface area contributed by atoms with Crippen molar-refractivity contribution in [1.29, 1.82) is 0 Å². The quantitative estimate of drug-likeness (QED) is 0.864. The SMILES string of the molecule is CN(C)C(=O)c1ccc(C2=CCNCC2F)cc1. The molecule has 0 spiro atoms. The van der Waals surface area contributed by atoms with Gasteiger partial charge in [0.25, 0.3) is 5.91 Å². The predicted octanol–water partition coefficient (Wildman–Crippen LogP) is 1.71. The topological polar surface area (TPSA) is 32.3 Å². The molecule has 3 nitrogen and oxygen atoms in total. The predicted molar refractivity (Wildman–Crippen MR) is 70.2 cm³/mol. The summed E-state index contributed by atoms with van der Waals surface area (Å²) in [7, 11) is 3.42. The molecule has 1 heterocycles. The fraction of sp³-hybridized carbons (Fsp3) is 0.357. The van der Waals surface area contributed by atoms with Gasteiger partial charge in [0.05, 0.1) is 0 Å². The van der Waals surface area contributed by atoms with Crippen molar-refractivity contribution in [3.8, 4) is 0 Å². The smallest absolute Gasteiger partial charge is 0.253 e. The molecule has 0 radical (unpaired) electrons. The molecule has 1 aromatic rings. The first-order valence-corrected chi connectivity index (χ1v) is 5.96. The Morgan fingerprint density at radius 1 is 1.33 bits per heavy atom. The van der Waals surface area contributed by atoms with E-state index in [0.29, 0.717) is 24.2 Å². The number of hydrogen-bond acceptors (Lipinski definition) is 2. The summed E-state index contributed by atoms with van der Waals surface area (Å²) in [6, 6.07) is 7.10. The highest BCUT2D eigenvalue weighted by Gasteiger charge is 2.18. The number of alkyl halides is 1. The first kappa shape index (κ1) is 12.8. The Bertz CT molecular complexity index is 465. The van der Waals surface area contributed by atoms with E-state index in [2.05, 4.69) is 5.32 Å². The summed E-state index contributed by atoms with van der Waals surface area (Å²) in [5.74, 6) is -0.0439. The van der Waals surface area contributed by atoms with Crippen LogP contribution in [0.3, 0.4) is 0 Å². The van der Waals surface area contributed by atoms with Gasteiger partial charge in [0.2, 0.25) is 0 Å². The monoisotopic (exact) mass is 248 g/mol. The highest BCUT2D eigenvalue weighted by molar-refractivity contribution is 5.94. The molecule has 0 fully saturated rings. The van der Waals surface area contributed by atoms with Crippen molar-refractivity contribution >= 4 is 11.5 Å². The van der Waals surface area contributed by atoms with Crippen molar-refractivity contribution in [3.63, 3.8) is 0 Å². The van der Waals surface area contributed by atoms with Gasteiger partial charge in [0.15, 0.2) is 0 Å². The second kappa shape index (κ2) is 5.31. The van der Waals surface area contributed by atoms with Gasteiger partial charge in [-0.25, -0.2) is 4.39 Å². The summed E-state index contributed by atoms with van der Waals surface area (Å²) in [6.07, 6.45) is 0.880. The maximum Gasteiger partial charge on any atom is 0.253 e. The minimum Gasteiger partial charge on any atom is -0.345 e. The third-order valence-corrected chi connectivity index (χ3v) is 3.00. The third kappa shape index (κ3) is 2.59. The molecule has 0 bridgehead atoms. The Morgan fingerprint density at radius 3 is 2.56 bits per heavy atom. The van der Waals surface area contributed by atoms with E-state index in [1.165, 1.54) is 4.90 Å². The van der Waals surface area contributed by atoms with Gasteiger partial charge in [-0.3, -0.25) is 4.79 Å². The fourth-order valence-electron chi connectivity index (χ4n) is 1.99. The number of amides is 1. The molecular formula is C14H17FN2O. The Kier molecular flexibility index (Phi) is 3.77. The van der Waals surface area contributed by atoms with Crippen molar-refractivity contribution in [2.75, 3.05) is 27.2 Å². The highest BCUT2D eigenvalue weighted by Crippen LogP contribution is 2.23. The normalized spacial score (nSPS) is 19.3. The van der Waals surface area contributed by atoms with Gasteiger partial charge < -0.3 is 10.2 Å². The Morgan fingerprint density at radius 2 is 2.00 bits per heavy atom. The van der Waals surface area contributed by atoms with E-state index >= 15 is 0 Å². The van der Waals surface area contributed by atoms with Crippen LogP contribution in [-0.2, 0) is 0 Å². The van der Waals surface area contributed by atoms with Crippen molar-refractivity contribution in [2.24, 2.45) is 0 Å². The number of carbonyl (C=O) groups is 1. The fourth-order valence-corrected chi connectivity index (χ4v) is 1.99. The number of rotatable bonds is 2. The molecule has 4 heteroatoms. The van der Waals surface area contributed by atoms with Crippen LogP contribution in [0.1, 0.15) is 15.9 Å². The maximum absolute atomic E-state index is 13.7. The zero-order valence-electron chi connectivity index (χ0n) is 10.6. The van der Waals surface area contributed by atoms with Gasteiger partial charge >= 0.3 is 0 Å². The van der Waals surface area contributed by atoms with E-state index in [9.17, 15) is 9.18 Å². The first-order valence-electron chi connectivity index (χ1n) is 5.96. The second-order valence-electron chi connectivity index (χ2n) is 4.56. The molecule has 1 amide bonds. The second-order valence-corrected chi connectivity index (χ2v) is 4.56. The van der Waals surface area contributed by atoms with E-state index in [1.54, 1.807) is 38.4 Å². The largest absolute Gasteiger partial charge is 0.345 e. The number of nitrogens with one attached hydrogen (secondary N) is 1. The number of benzene rings is 1. The molecule has 1 aliphatic rings. The summed E-state index contributed by atoms with van der Waals surface area (Å²) in [5, 5.41) is 2.97. The van der Waals surface area contributed by atoms with Gasteiger partial charge in [0.1, 0.15) is 6.17 Å². The Balaban J connectivity index is 2.22. The van der Waals surface area contributed by atoms with Crippen molar-refractivity contribution < 1.29 is 9.18 Å². The Hall–Kier alpha value is -1.68. The van der Waals surface area contributed by atoms with Crippen LogP contribution >= 0.6 is 0 Å². The van der Waals surface area contributed by atoms with Crippen LogP contribution in [0.4, 0.5) is 4.39 Å². The summed E-state index contributed by atoms with van der Waals surface area (Å²) >= 11 is 0. The molecule has 0 aliphatic carbocycles. The van der Waals surface area contributed by atoms with Crippen LogP contribution in [0.5, 0.6) is 0 Å². The van der Waals surface area contributed by atoms with Crippen LogP contribution in [0, 0.1) is 0 Å². The van der Waals surface area contributed by atoms with Crippen LogP contribution in [0.25, 0.3) is 5.57 Å². The lowest BCUT2D eigenvalue weighted by Gasteiger charge is -2.19. The van der Waals surface area contributed by atoms with Crippen molar-refractivity contribution in [3.05, 3.63) is 41.5 Å². The van der Waals surface area contributed by atoms with Gasteiger partial charge in [-0.15, -0.1) is 0 Å². The maximum atomic E-state index is 13.7. The van der Waals surface area contributed by atoms with Gasteiger partial charge in [-0.2, -0.15) is 0 Å². The van der Waals surface area contributed by atoms with Crippen LogP contribution in [0.2, 0.25) is 0 Å². The van der Waals surface area contributed by atoms with E-state index in [0.717, 1.165) is 5.56 Å². The van der Waals surface area contributed by atoms with Crippen LogP contribution in [0.15, 0.2) is 30.3 Å². The van der Waals surface area contributed by atoms with Crippen molar-refractivity contribution in [1.82, 2.24) is 10.2 Å². The number of hydrogen-bond donors (Lipinski definition) is 1. The first-order chi connectivity index (χ1) is 8.59. The molecule has 2 rings (SSSR count). The average Bonchev–Trinajstić information content (AvgIpc) is 2.38. The molecule has 0 saturated heterocycles. The lowest BCUT2D eigenvalue weighted by atomic mass is 9.97. The molecule has 1 unspecified atom stereocenters. The van der Waals surface area contributed by atoms with E-state index in [1.807, 2.05) is 6.08 Å². The van der Waals surface area contributed by atoms with E-state index in [-0.39, 0.29) is 5.91 Å². The van der Waals surface area contributed by atoms with Crippen LogP contribution in [-0.4, -0.2) is 44.2 Å². The van der Waals surface area contributed by atoms with E-state index < -0.39 is 6.17 Å². The van der Waals surface area contributed by atoms with Gasteiger partial charge in [-0.1, -0.05) is 18.2 Å². The third-order valence-electron chi connectivity index (χ3n) is 3.00. The summed E-state index contributed by atoms with van der Waals surface area (Å²) in [6.45, 7) is 1.04. The summed E-state index contributed by atoms with van der Waals surface area (Å²) < 4.78 is 13.7. The molecule has 96 valence electrons. The molecular weight excluding hydrogens is 231 g/mol. The zero-order valence-corrected chi connectivity index (χ0v) is 10.6. The number of nitrogens with zero attached hydrogens (tertiary/aromatic N) is 1. The lowest BCUT2D eigenvalue weighted by molar-refractivity contribution is 0.0827. The lowest BCUT2D eigenvalue weighted by Crippen LogP contribution is -2.29. The number of halogens is 1. The molecule has 1 aromatic carbocycles. The summed E-state index contributed by atoms with van der Waals surface area (Å²) in [5.41, 5.74) is 2.17. The zero-order chi connectivity index (χ0) is 13.1. The molecule has 1 N–H and O–H groups in total. The average molecular weight is 248 g/mol. The molecule has 0 aromatic heterocycles. The molecule has 18 heavy (non-hydrogen) atoms. The minimum atomic E-state index is -0.978. The highest BCUT2D eigenvalue weighted by atomic mass is 19.1. The molecule has 1 atom stereocenters. The summed E-state index contributed by atoms with van der Waals surface area (Å²) in [4.78, 5) is 13.2. The van der Waals surface area contributed by atoms with Crippen molar-refractivity contribution in [2.45, 2.75) is 6.17 Å². The van der Waals surface area contributed by atoms with E-state index in [4.69, 9.17) is 0 Å². The van der Waals surface area contributed by atoms with Crippen LogP contribution < -0.4 is 5.32 Å². The standard InChI is InChI=1S/C14H17FN2O/c1-17(2)14(18)11-5-3-10(4-6-11)12-7-8-16-9-13(12)15/h3-7,13,16H,8-9H2,1-2H3.